The standard InChI is InChI=1S/C40H47F4N3O5/c1-24-16-25(2)37-28-18-30(26-9-10-26)38(41)31(19-28)33(21-36(49)50)45-39(51)34(8-4-3-7-15-52-23-29(37)17-24)47-22-27(11-14-46-12-5-6-13-46)32(20-35(47)48)40(42,43)44/h16-20,22,26,33-34H,3-15,21,23H2,1-2H3,(H,45,51)(H,49,50)/t33-,34-/m0/s1. The quantitative estimate of drug-likeness (QED) is 0.242. The summed E-state index contributed by atoms with van der Waals surface area (Å²) < 4.78 is 66.3. The first-order chi connectivity index (χ1) is 24.8. The zero-order valence-corrected chi connectivity index (χ0v) is 29.8. The minimum Gasteiger partial charge on any atom is -0.481 e. The molecule has 3 aliphatic rings. The van der Waals surface area contributed by atoms with Gasteiger partial charge in [-0.15, -0.1) is 0 Å². The lowest BCUT2D eigenvalue weighted by atomic mass is 9.88. The van der Waals surface area contributed by atoms with E-state index in [9.17, 15) is 32.7 Å². The monoisotopic (exact) mass is 725 g/mol. The van der Waals surface area contributed by atoms with E-state index in [2.05, 4.69) is 10.2 Å². The average Bonchev–Trinajstić information content (AvgIpc) is 3.78. The Bertz CT molecular complexity index is 1860. The van der Waals surface area contributed by atoms with E-state index in [1.165, 1.54) is 0 Å². The number of fused-ring (bicyclic) bond motifs is 4. The van der Waals surface area contributed by atoms with E-state index < -0.39 is 53.5 Å². The number of aryl methyl sites for hydroxylation is 2. The van der Waals surface area contributed by atoms with Gasteiger partial charge in [-0.05, 0) is 123 Å². The van der Waals surface area contributed by atoms with Gasteiger partial charge in [-0.2, -0.15) is 13.2 Å². The summed E-state index contributed by atoms with van der Waals surface area (Å²) in [4.78, 5) is 42.1. The number of aromatic nitrogens is 1. The fraction of sp³-hybridized carbons (Fsp3) is 0.525. The molecule has 1 amide bonds. The van der Waals surface area contributed by atoms with E-state index in [4.69, 9.17) is 4.74 Å². The van der Waals surface area contributed by atoms with Gasteiger partial charge in [0.25, 0.3) is 5.56 Å². The first kappa shape index (κ1) is 37.7. The van der Waals surface area contributed by atoms with Gasteiger partial charge in [0.15, 0.2) is 0 Å². The lowest BCUT2D eigenvalue weighted by Crippen LogP contribution is -2.40. The number of carbonyl (C=O) groups is 2. The number of benzene rings is 2. The maximum atomic E-state index is 16.5. The molecule has 6 rings (SSSR count). The summed E-state index contributed by atoms with van der Waals surface area (Å²) in [6.45, 7) is 6.63. The van der Waals surface area contributed by atoms with Crippen LogP contribution in [0.2, 0.25) is 0 Å². The van der Waals surface area contributed by atoms with Crippen LogP contribution >= 0.6 is 0 Å². The summed E-state index contributed by atoms with van der Waals surface area (Å²) in [5, 5.41) is 12.8. The Hall–Kier alpha value is -4.03. The lowest BCUT2D eigenvalue weighted by Gasteiger charge is -2.27. The second-order valence-corrected chi connectivity index (χ2v) is 14.7. The van der Waals surface area contributed by atoms with Crippen molar-refractivity contribution in [2.45, 2.75) is 109 Å². The smallest absolute Gasteiger partial charge is 0.416 e. The van der Waals surface area contributed by atoms with Crippen LogP contribution in [0, 0.1) is 19.7 Å². The number of hydrogen-bond acceptors (Lipinski definition) is 5. The number of ether oxygens (including phenoxy) is 1. The number of carboxylic acid groups (broad SMARTS) is 1. The van der Waals surface area contributed by atoms with Crippen molar-refractivity contribution in [2.75, 3.05) is 26.2 Å². The molecule has 280 valence electrons. The van der Waals surface area contributed by atoms with Gasteiger partial charge < -0.3 is 24.6 Å². The van der Waals surface area contributed by atoms with Crippen molar-refractivity contribution in [2.24, 2.45) is 0 Å². The van der Waals surface area contributed by atoms with Gasteiger partial charge in [0.05, 0.1) is 24.6 Å². The van der Waals surface area contributed by atoms with Crippen molar-refractivity contribution < 1.29 is 37.0 Å². The highest BCUT2D eigenvalue weighted by Gasteiger charge is 2.37. The molecule has 2 aromatic carbocycles. The fourth-order valence-electron chi connectivity index (χ4n) is 7.90. The van der Waals surface area contributed by atoms with Crippen molar-refractivity contribution in [1.29, 1.82) is 0 Å². The van der Waals surface area contributed by atoms with E-state index in [1.807, 2.05) is 32.0 Å². The Morgan fingerprint density at radius 3 is 2.38 bits per heavy atom. The summed E-state index contributed by atoms with van der Waals surface area (Å²) in [5.74, 6) is -2.67. The largest absolute Gasteiger partial charge is 0.481 e. The van der Waals surface area contributed by atoms with Crippen molar-refractivity contribution in [3.05, 3.63) is 91.6 Å². The minimum atomic E-state index is -4.77. The number of pyridine rings is 1. The van der Waals surface area contributed by atoms with Crippen LogP contribution in [0.15, 0.2) is 41.3 Å². The highest BCUT2D eigenvalue weighted by atomic mass is 19.4. The Balaban J connectivity index is 1.44. The highest BCUT2D eigenvalue weighted by molar-refractivity contribution is 5.82. The lowest BCUT2D eigenvalue weighted by molar-refractivity contribution is -0.139. The van der Waals surface area contributed by atoms with Gasteiger partial charge in [-0.3, -0.25) is 14.4 Å². The summed E-state index contributed by atoms with van der Waals surface area (Å²) in [6, 6.07) is 5.45. The van der Waals surface area contributed by atoms with Gasteiger partial charge in [-0.25, -0.2) is 4.39 Å². The molecule has 0 unspecified atom stereocenters. The molecule has 2 N–H and O–H groups in total. The molecule has 12 heteroatoms. The number of amides is 1. The summed E-state index contributed by atoms with van der Waals surface area (Å²) in [6.07, 6.45) is 1.03. The molecule has 2 atom stereocenters. The van der Waals surface area contributed by atoms with Crippen LogP contribution < -0.4 is 10.9 Å². The SMILES string of the molecule is Cc1cc(C)c2c(c1)COCCCCC[C@H](n1cc(CCN3CCCC3)c(C(F)(F)F)cc1=O)C(=O)N[C@@H](CC(=O)O)c1cc-2cc(C2CC2)c1F. The zero-order valence-electron chi connectivity index (χ0n) is 29.8. The molecule has 52 heavy (non-hydrogen) atoms. The Morgan fingerprint density at radius 1 is 0.962 bits per heavy atom. The molecule has 1 saturated carbocycles. The van der Waals surface area contributed by atoms with Crippen LogP contribution in [0.5, 0.6) is 0 Å². The van der Waals surface area contributed by atoms with Crippen LogP contribution in [0.3, 0.4) is 0 Å². The number of nitrogens with one attached hydrogen (secondary N) is 1. The van der Waals surface area contributed by atoms with Gasteiger partial charge in [0.1, 0.15) is 11.9 Å². The van der Waals surface area contributed by atoms with E-state index >= 15 is 4.39 Å². The Kier molecular flexibility index (Phi) is 11.5. The van der Waals surface area contributed by atoms with Gasteiger partial charge >= 0.3 is 12.1 Å². The summed E-state index contributed by atoms with van der Waals surface area (Å²) >= 11 is 0. The van der Waals surface area contributed by atoms with Crippen molar-refractivity contribution in [3.63, 3.8) is 0 Å². The second kappa shape index (κ2) is 15.9. The van der Waals surface area contributed by atoms with E-state index in [0.717, 1.165) is 71.8 Å². The van der Waals surface area contributed by atoms with Crippen LogP contribution in [0.25, 0.3) is 11.1 Å². The number of likely N-dealkylation sites (tertiary alicyclic amines) is 1. The fourth-order valence-corrected chi connectivity index (χ4v) is 7.90. The Morgan fingerprint density at radius 2 is 1.69 bits per heavy atom. The van der Waals surface area contributed by atoms with Crippen molar-refractivity contribution in [3.8, 4) is 11.1 Å². The molecule has 3 aromatic rings. The zero-order chi connectivity index (χ0) is 37.2. The molecule has 1 aromatic heterocycles. The molecule has 3 heterocycles. The van der Waals surface area contributed by atoms with Gasteiger partial charge in [0.2, 0.25) is 5.91 Å². The topological polar surface area (TPSA) is 101 Å². The van der Waals surface area contributed by atoms with E-state index in [1.54, 1.807) is 6.07 Å². The van der Waals surface area contributed by atoms with Crippen LogP contribution in [0.4, 0.5) is 17.6 Å². The molecule has 0 radical (unpaired) electrons. The highest BCUT2D eigenvalue weighted by Crippen LogP contribution is 2.45. The maximum absolute atomic E-state index is 16.5. The molecule has 2 aliphatic heterocycles. The number of hydrogen-bond donors (Lipinski definition) is 2. The molecule has 0 spiro atoms. The first-order valence-electron chi connectivity index (χ1n) is 18.4. The molecule has 2 fully saturated rings. The third-order valence-electron chi connectivity index (χ3n) is 10.6. The molecule has 1 aliphatic carbocycles. The number of aliphatic carboxylic acids is 1. The summed E-state index contributed by atoms with van der Waals surface area (Å²) in [7, 11) is 0. The maximum Gasteiger partial charge on any atom is 0.416 e. The molecule has 1 saturated heterocycles. The molecular weight excluding hydrogens is 678 g/mol. The second-order valence-electron chi connectivity index (χ2n) is 14.7. The first-order valence-corrected chi connectivity index (χ1v) is 18.4. The molecule has 2 bridgehead atoms. The summed E-state index contributed by atoms with van der Waals surface area (Å²) in [5.41, 5.74) is 2.80. The van der Waals surface area contributed by atoms with E-state index in [-0.39, 0.29) is 29.9 Å². The number of carboxylic acids is 1. The number of carbonyl (C=O) groups excluding carboxylic acids is 1. The minimum absolute atomic E-state index is 0.0129. The predicted octanol–water partition coefficient (Wildman–Crippen LogP) is 7.77. The third-order valence-corrected chi connectivity index (χ3v) is 10.6. The molecule has 8 nitrogen and oxygen atoms in total. The number of alkyl halides is 3. The van der Waals surface area contributed by atoms with Crippen LogP contribution in [-0.4, -0.2) is 52.7 Å². The van der Waals surface area contributed by atoms with Crippen LogP contribution in [0.1, 0.15) is 115 Å². The van der Waals surface area contributed by atoms with Crippen LogP contribution in [-0.2, 0) is 33.5 Å². The van der Waals surface area contributed by atoms with Gasteiger partial charge in [-0.1, -0.05) is 30.5 Å². The third kappa shape index (κ3) is 8.77. The number of nitrogens with zero attached hydrogens (tertiary/aromatic N) is 2. The molecular formula is C40H47F4N3O5. The normalized spacial score (nSPS) is 20.8. The number of halogens is 4. The Labute approximate surface area is 301 Å². The van der Waals surface area contributed by atoms with Crippen molar-refractivity contribution >= 4 is 11.9 Å². The van der Waals surface area contributed by atoms with E-state index in [0.29, 0.717) is 56.2 Å². The van der Waals surface area contributed by atoms with Crippen molar-refractivity contribution in [1.82, 2.24) is 14.8 Å². The average molecular weight is 726 g/mol. The number of rotatable bonds is 7. The van der Waals surface area contributed by atoms with Gasteiger partial charge in [0, 0.05) is 31.0 Å². The predicted molar refractivity (Wildman–Crippen MR) is 189 cm³/mol.